The number of thiazole rings is 1. The topological polar surface area (TPSA) is 132 Å². The lowest BCUT2D eigenvalue weighted by molar-refractivity contribution is 0.151. The zero-order valence-corrected chi connectivity index (χ0v) is 24.2. The molecule has 4 aromatic rings. The summed E-state index contributed by atoms with van der Waals surface area (Å²) < 4.78 is 77.4. The van der Waals surface area contributed by atoms with E-state index < -0.39 is 43.5 Å². The van der Waals surface area contributed by atoms with Crippen molar-refractivity contribution >= 4 is 33.0 Å². The van der Waals surface area contributed by atoms with Crippen LogP contribution >= 0.6 is 11.3 Å². The summed E-state index contributed by atoms with van der Waals surface area (Å²) in [6, 6.07) is 8.32. The highest BCUT2D eigenvalue weighted by Crippen LogP contribution is 2.42. The molecule has 2 aromatic heterocycles. The standard InChI is InChI=1S/C27H29F3N6O3S2/c1-27(2,3)25-35-22(23(40-25)20-10-12-32-26(34-20)33-13-15-39-14-11-31)16-6-4-9-19(21(16)30)36-41(37,38)24-17(28)7-5-8-18(24)29/h4-10,12,36H,11,13-15,31H2,1-3H3,(H,32,33,34). The van der Waals surface area contributed by atoms with Gasteiger partial charge in [0.05, 0.1) is 40.2 Å². The molecule has 0 aliphatic heterocycles. The molecule has 0 saturated heterocycles. The molecule has 9 nitrogen and oxygen atoms in total. The van der Waals surface area contributed by atoms with Crippen LogP contribution in [0.3, 0.4) is 0 Å². The third kappa shape index (κ3) is 7.01. The van der Waals surface area contributed by atoms with Crippen molar-refractivity contribution in [2.45, 2.75) is 31.1 Å². The summed E-state index contributed by atoms with van der Waals surface area (Å²) in [7, 11) is -4.80. The molecule has 0 unspecified atom stereocenters. The van der Waals surface area contributed by atoms with E-state index in [1.165, 1.54) is 23.5 Å². The summed E-state index contributed by atoms with van der Waals surface area (Å²) in [5, 5.41) is 3.75. The van der Waals surface area contributed by atoms with E-state index in [-0.39, 0.29) is 11.3 Å². The second kappa shape index (κ2) is 12.5. The Morgan fingerprint density at radius 2 is 1.71 bits per heavy atom. The molecule has 0 aliphatic rings. The first-order chi connectivity index (χ1) is 19.4. The van der Waals surface area contributed by atoms with Crippen LogP contribution in [0, 0.1) is 17.5 Å². The maximum atomic E-state index is 15.9. The average Bonchev–Trinajstić information content (AvgIpc) is 3.36. The van der Waals surface area contributed by atoms with Gasteiger partial charge < -0.3 is 15.8 Å². The van der Waals surface area contributed by atoms with E-state index in [9.17, 15) is 17.2 Å². The lowest BCUT2D eigenvalue weighted by Crippen LogP contribution is -2.17. The number of sulfonamides is 1. The quantitative estimate of drug-likeness (QED) is 0.199. The zero-order valence-electron chi connectivity index (χ0n) is 22.5. The van der Waals surface area contributed by atoms with E-state index in [0.29, 0.717) is 47.8 Å². The van der Waals surface area contributed by atoms with Gasteiger partial charge in [0.1, 0.15) is 11.6 Å². The van der Waals surface area contributed by atoms with E-state index in [1.54, 1.807) is 12.3 Å². The van der Waals surface area contributed by atoms with Crippen molar-refractivity contribution in [1.82, 2.24) is 15.0 Å². The first-order valence-corrected chi connectivity index (χ1v) is 14.8. The van der Waals surface area contributed by atoms with Crippen LogP contribution < -0.4 is 15.8 Å². The Kier molecular flexibility index (Phi) is 9.27. The van der Waals surface area contributed by atoms with Gasteiger partial charge in [0.15, 0.2) is 10.7 Å². The number of nitrogens with zero attached hydrogens (tertiary/aromatic N) is 3. The molecule has 0 aliphatic carbocycles. The lowest BCUT2D eigenvalue weighted by Gasteiger charge is -2.14. The number of hydrogen-bond acceptors (Lipinski definition) is 9. The number of rotatable bonds is 11. The van der Waals surface area contributed by atoms with E-state index in [4.69, 9.17) is 15.5 Å². The van der Waals surface area contributed by atoms with Crippen LogP contribution in [0.25, 0.3) is 21.8 Å². The van der Waals surface area contributed by atoms with E-state index >= 15 is 4.39 Å². The average molecular weight is 607 g/mol. The van der Waals surface area contributed by atoms with Crippen LogP contribution in [-0.2, 0) is 20.2 Å². The maximum Gasteiger partial charge on any atom is 0.267 e. The minimum atomic E-state index is -4.80. The molecular weight excluding hydrogens is 577 g/mol. The second-order valence-electron chi connectivity index (χ2n) is 9.86. The number of hydrogen-bond donors (Lipinski definition) is 3. The third-order valence-corrected chi connectivity index (χ3v) is 8.55. The molecule has 0 fully saturated rings. The Morgan fingerprint density at radius 1 is 1.00 bits per heavy atom. The fraction of sp³-hybridized carbons (Fsp3) is 0.296. The van der Waals surface area contributed by atoms with Crippen molar-refractivity contribution in [1.29, 1.82) is 0 Å². The van der Waals surface area contributed by atoms with Crippen molar-refractivity contribution in [2.24, 2.45) is 5.73 Å². The van der Waals surface area contributed by atoms with Gasteiger partial charge in [0, 0.05) is 30.3 Å². The number of anilines is 2. The van der Waals surface area contributed by atoms with Crippen molar-refractivity contribution < 1.29 is 26.3 Å². The zero-order chi connectivity index (χ0) is 29.8. The Hall–Kier alpha value is -3.59. The first kappa shape index (κ1) is 30.4. The smallest absolute Gasteiger partial charge is 0.267 e. The number of halogens is 3. The van der Waals surface area contributed by atoms with Crippen LogP contribution in [0.5, 0.6) is 0 Å². The summed E-state index contributed by atoms with van der Waals surface area (Å²) in [6.07, 6.45) is 1.55. The molecule has 0 atom stereocenters. The van der Waals surface area contributed by atoms with Gasteiger partial charge in [-0.1, -0.05) is 32.9 Å². The number of nitrogens with two attached hydrogens (primary N) is 1. The maximum absolute atomic E-state index is 15.9. The Morgan fingerprint density at radius 3 is 2.39 bits per heavy atom. The first-order valence-electron chi connectivity index (χ1n) is 12.5. The van der Waals surface area contributed by atoms with Gasteiger partial charge in [0.25, 0.3) is 10.0 Å². The van der Waals surface area contributed by atoms with Crippen LogP contribution in [-0.4, -0.2) is 49.7 Å². The van der Waals surface area contributed by atoms with Gasteiger partial charge in [-0.05, 0) is 30.3 Å². The summed E-state index contributed by atoms with van der Waals surface area (Å²) >= 11 is 1.31. The molecule has 4 N–H and O–H groups in total. The van der Waals surface area contributed by atoms with E-state index in [2.05, 4.69) is 15.3 Å². The van der Waals surface area contributed by atoms with Crippen molar-refractivity contribution in [3.8, 4) is 21.8 Å². The molecule has 41 heavy (non-hydrogen) atoms. The molecule has 4 rings (SSSR count). The predicted molar refractivity (Wildman–Crippen MR) is 153 cm³/mol. The van der Waals surface area contributed by atoms with E-state index in [0.717, 1.165) is 24.3 Å². The summed E-state index contributed by atoms with van der Waals surface area (Å²) in [4.78, 5) is 12.8. The second-order valence-corrected chi connectivity index (χ2v) is 12.5. The largest absolute Gasteiger partial charge is 0.378 e. The molecule has 0 saturated carbocycles. The number of nitrogens with one attached hydrogen (secondary N) is 2. The van der Waals surface area contributed by atoms with Gasteiger partial charge in [0.2, 0.25) is 5.95 Å². The fourth-order valence-corrected chi connectivity index (χ4v) is 6.02. The summed E-state index contributed by atoms with van der Waals surface area (Å²) in [5.41, 5.74) is 5.20. The lowest BCUT2D eigenvalue weighted by atomic mass is 9.98. The van der Waals surface area contributed by atoms with Gasteiger partial charge in [-0.15, -0.1) is 11.3 Å². The molecule has 14 heteroatoms. The predicted octanol–water partition coefficient (Wildman–Crippen LogP) is 5.17. The van der Waals surface area contributed by atoms with Crippen molar-refractivity contribution in [3.63, 3.8) is 0 Å². The van der Waals surface area contributed by atoms with Crippen molar-refractivity contribution in [3.05, 3.63) is 71.1 Å². The molecular formula is C27H29F3N6O3S2. The number of benzene rings is 2. The molecule has 218 valence electrons. The van der Waals surface area contributed by atoms with Crippen molar-refractivity contribution in [2.75, 3.05) is 36.3 Å². The summed E-state index contributed by atoms with van der Waals surface area (Å²) in [6.45, 7) is 7.54. The van der Waals surface area contributed by atoms with Gasteiger partial charge >= 0.3 is 0 Å². The number of aromatic nitrogens is 3. The fourth-order valence-electron chi connectivity index (χ4n) is 3.72. The molecule has 0 amide bonds. The Balaban J connectivity index is 1.74. The minimum Gasteiger partial charge on any atom is -0.378 e. The molecule has 0 radical (unpaired) electrons. The van der Waals surface area contributed by atoms with Crippen LogP contribution in [0.2, 0.25) is 0 Å². The molecule has 2 heterocycles. The third-order valence-electron chi connectivity index (χ3n) is 5.63. The van der Waals surface area contributed by atoms with Gasteiger partial charge in [-0.2, -0.15) is 0 Å². The normalized spacial score (nSPS) is 12.0. The highest BCUT2D eigenvalue weighted by Gasteiger charge is 2.28. The number of ether oxygens (including phenoxy) is 1. The Labute approximate surface area is 240 Å². The molecule has 0 bridgehead atoms. The highest BCUT2D eigenvalue weighted by atomic mass is 32.2. The SMILES string of the molecule is CC(C)(C)c1nc(-c2cccc(NS(=O)(=O)c3c(F)cccc3F)c2F)c(-c2ccnc(NCCOCCN)n2)s1. The summed E-state index contributed by atoms with van der Waals surface area (Å²) in [5.74, 6) is -3.25. The molecule has 0 spiro atoms. The minimum absolute atomic E-state index is 0.0238. The molecule has 2 aromatic carbocycles. The van der Waals surface area contributed by atoms with Crippen LogP contribution in [0.4, 0.5) is 24.8 Å². The monoisotopic (exact) mass is 606 g/mol. The Bertz CT molecular complexity index is 1620. The van der Waals surface area contributed by atoms with Gasteiger partial charge in [-0.25, -0.2) is 36.5 Å². The van der Waals surface area contributed by atoms with E-state index in [1.807, 2.05) is 25.5 Å². The van der Waals surface area contributed by atoms with Crippen LogP contribution in [0.15, 0.2) is 53.6 Å². The van der Waals surface area contributed by atoms with Gasteiger partial charge in [-0.3, -0.25) is 4.72 Å². The highest BCUT2D eigenvalue weighted by molar-refractivity contribution is 7.92. The van der Waals surface area contributed by atoms with Crippen LogP contribution in [0.1, 0.15) is 25.8 Å².